The van der Waals surface area contributed by atoms with Gasteiger partial charge in [-0.2, -0.15) is 0 Å². The molecule has 1 aromatic carbocycles. The molecular weight excluding hydrogens is 262 g/mol. The third-order valence-corrected chi connectivity index (χ3v) is 3.88. The molecule has 1 aromatic heterocycles. The Kier molecular flexibility index (Phi) is 4.25. The van der Waals surface area contributed by atoms with Crippen molar-refractivity contribution in [2.75, 3.05) is 18.0 Å². The quantitative estimate of drug-likeness (QED) is 0.917. The maximum absolute atomic E-state index is 5.51. The Bertz CT molecular complexity index is 577. The number of nitrogens with zero attached hydrogens (tertiary/aromatic N) is 2. The van der Waals surface area contributed by atoms with Crippen LogP contribution in [0.2, 0.25) is 0 Å². The van der Waals surface area contributed by atoms with Crippen LogP contribution in [0.4, 0.5) is 5.69 Å². The standard InChI is InChI=1S/C17H23N3O/c1-13(2)10-18-11-16-15-12-20(9-8-17(15)21-19-16)14-6-4-3-5-7-14/h3-7,13,18H,8-12H2,1-2H3. The maximum Gasteiger partial charge on any atom is 0.143 e. The first-order chi connectivity index (χ1) is 10.2. The summed E-state index contributed by atoms with van der Waals surface area (Å²) in [7, 11) is 0. The highest BCUT2D eigenvalue weighted by atomic mass is 16.5. The molecule has 1 aliphatic rings. The highest BCUT2D eigenvalue weighted by Crippen LogP contribution is 2.26. The predicted molar refractivity (Wildman–Crippen MR) is 84.2 cm³/mol. The van der Waals surface area contributed by atoms with E-state index in [4.69, 9.17) is 4.52 Å². The Morgan fingerprint density at radius 2 is 2.10 bits per heavy atom. The molecule has 0 saturated heterocycles. The minimum atomic E-state index is 0.647. The minimum Gasteiger partial charge on any atom is -0.367 e. The van der Waals surface area contributed by atoms with Crippen LogP contribution in [0.5, 0.6) is 0 Å². The van der Waals surface area contributed by atoms with Gasteiger partial charge in [-0.25, -0.2) is 0 Å². The molecule has 112 valence electrons. The average molecular weight is 285 g/mol. The summed E-state index contributed by atoms with van der Waals surface area (Å²) >= 11 is 0. The van der Waals surface area contributed by atoms with Gasteiger partial charge in [0.2, 0.25) is 0 Å². The molecule has 4 heteroatoms. The van der Waals surface area contributed by atoms with Gasteiger partial charge in [-0.15, -0.1) is 0 Å². The van der Waals surface area contributed by atoms with Gasteiger partial charge in [-0.3, -0.25) is 0 Å². The number of benzene rings is 1. The van der Waals surface area contributed by atoms with Crippen LogP contribution in [0.25, 0.3) is 0 Å². The van der Waals surface area contributed by atoms with Crippen molar-refractivity contribution in [3.05, 3.63) is 47.3 Å². The number of fused-ring (bicyclic) bond motifs is 1. The van der Waals surface area contributed by atoms with E-state index in [0.717, 1.165) is 44.1 Å². The highest BCUT2D eigenvalue weighted by molar-refractivity contribution is 5.48. The molecule has 1 aliphatic heterocycles. The van der Waals surface area contributed by atoms with Gasteiger partial charge in [0.25, 0.3) is 0 Å². The van der Waals surface area contributed by atoms with Gasteiger partial charge in [-0.05, 0) is 24.6 Å². The summed E-state index contributed by atoms with van der Waals surface area (Å²) in [6.45, 7) is 8.10. The molecule has 0 unspecified atom stereocenters. The number of para-hydroxylation sites is 1. The second-order valence-corrected chi connectivity index (χ2v) is 6.06. The highest BCUT2D eigenvalue weighted by Gasteiger charge is 2.23. The summed E-state index contributed by atoms with van der Waals surface area (Å²) in [5.74, 6) is 1.71. The lowest BCUT2D eigenvalue weighted by atomic mass is 10.0. The molecule has 0 spiro atoms. The van der Waals surface area contributed by atoms with Gasteiger partial charge in [0.05, 0.1) is 0 Å². The molecular formula is C17H23N3O. The third-order valence-electron chi connectivity index (χ3n) is 3.88. The van der Waals surface area contributed by atoms with Crippen molar-refractivity contribution in [2.24, 2.45) is 5.92 Å². The molecule has 0 amide bonds. The molecule has 0 aliphatic carbocycles. The number of rotatable bonds is 5. The van der Waals surface area contributed by atoms with E-state index in [1.165, 1.54) is 11.3 Å². The second kappa shape index (κ2) is 6.31. The van der Waals surface area contributed by atoms with E-state index in [1.807, 2.05) is 0 Å². The first-order valence-electron chi connectivity index (χ1n) is 7.71. The van der Waals surface area contributed by atoms with Crippen LogP contribution < -0.4 is 10.2 Å². The van der Waals surface area contributed by atoms with Gasteiger partial charge in [0, 0.05) is 37.3 Å². The molecule has 0 bridgehead atoms. The summed E-state index contributed by atoms with van der Waals surface area (Å²) in [6, 6.07) is 10.6. The van der Waals surface area contributed by atoms with Crippen molar-refractivity contribution in [1.29, 1.82) is 0 Å². The smallest absolute Gasteiger partial charge is 0.143 e. The van der Waals surface area contributed by atoms with E-state index >= 15 is 0 Å². The molecule has 21 heavy (non-hydrogen) atoms. The first kappa shape index (κ1) is 14.1. The van der Waals surface area contributed by atoms with Crippen molar-refractivity contribution in [1.82, 2.24) is 10.5 Å². The largest absolute Gasteiger partial charge is 0.367 e. The lowest BCUT2D eigenvalue weighted by Crippen LogP contribution is -2.30. The summed E-state index contributed by atoms with van der Waals surface area (Å²) in [4.78, 5) is 2.39. The van der Waals surface area contributed by atoms with Gasteiger partial charge < -0.3 is 14.7 Å². The average Bonchev–Trinajstić information content (AvgIpc) is 2.90. The number of hydrogen-bond acceptors (Lipinski definition) is 4. The topological polar surface area (TPSA) is 41.3 Å². The van der Waals surface area contributed by atoms with Crippen molar-refractivity contribution < 1.29 is 4.52 Å². The summed E-state index contributed by atoms with van der Waals surface area (Å²) in [5.41, 5.74) is 3.60. The SMILES string of the molecule is CC(C)CNCc1noc2c1CN(c1ccccc1)CC2. The van der Waals surface area contributed by atoms with Crippen molar-refractivity contribution in [3.63, 3.8) is 0 Å². The van der Waals surface area contributed by atoms with E-state index < -0.39 is 0 Å². The monoisotopic (exact) mass is 285 g/mol. The Hall–Kier alpha value is -1.81. The van der Waals surface area contributed by atoms with E-state index in [2.05, 4.69) is 59.6 Å². The number of anilines is 1. The molecule has 2 heterocycles. The van der Waals surface area contributed by atoms with Crippen molar-refractivity contribution in [3.8, 4) is 0 Å². The fraction of sp³-hybridized carbons (Fsp3) is 0.471. The zero-order valence-electron chi connectivity index (χ0n) is 12.8. The zero-order valence-corrected chi connectivity index (χ0v) is 12.8. The Labute approximate surface area is 126 Å². The molecule has 3 rings (SSSR count). The van der Waals surface area contributed by atoms with Crippen molar-refractivity contribution >= 4 is 5.69 Å². The van der Waals surface area contributed by atoms with Crippen LogP contribution in [0.1, 0.15) is 30.9 Å². The van der Waals surface area contributed by atoms with Gasteiger partial charge in [0.1, 0.15) is 11.5 Å². The minimum absolute atomic E-state index is 0.647. The molecule has 0 atom stereocenters. The fourth-order valence-corrected chi connectivity index (χ4v) is 2.74. The van der Waals surface area contributed by atoms with Crippen LogP contribution in [0.15, 0.2) is 34.9 Å². The molecule has 0 radical (unpaired) electrons. The van der Waals surface area contributed by atoms with Gasteiger partial charge >= 0.3 is 0 Å². The molecule has 1 N–H and O–H groups in total. The number of aromatic nitrogens is 1. The summed E-state index contributed by atoms with van der Waals surface area (Å²) in [6.07, 6.45) is 0.932. The normalized spacial score (nSPS) is 14.5. The molecule has 4 nitrogen and oxygen atoms in total. The Balaban J connectivity index is 1.71. The number of nitrogens with one attached hydrogen (secondary N) is 1. The fourth-order valence-electron chi connectivity index (χ4n) is 2.74. The van der Waals surface area contributed by atoms with Crippen LogP contribution in [-0.4, -0.2) is 18.2 Å². The van der Waals surface area contributed by atoms with Crippen LogP contribution in [0, 0.1) is 5.92 Å². The Morgan fingerprint density at radius 1 is 1.29 bits per heavy atom. The van der Waals surface area contributed by atoms with Crippen molar-refractivity contribution in [2.45, 2.75) is 33.4 Å². The van der Waals surface area contributed by atoms with E-state index in [9.17, 15) is 0 Å². The lowest BCUT2D eigenvalue weighted by molar-refractivity contribution is 0.370. The Morgan fingerprint density at radius 3 is 2.86 bits per heavy atom. The van der Waals surface area contributed by atoms with Gasteiger partial charge in [0.15, 0.2) is 0 Å². The first-order valence-corrected chi connectivity index (χ1v) is 7.71. The van der Waals surface area contributed by atoms with E-state index in [0.29, 0.717) is 5.92 Å². The number of hydrogen-bond donors (Lipinski definition) is 1. The second-order valence-electron chi connectivity index (χ2n) is 6.06. The predicted octanol–water partition coefficient (Wildman–Crippen LogP) is 2.98. The summed E-state index contributed by atoms with van der Waals surface area (Å²) in [5, 5.41) is 7.71. The summed E-state index contributed by atoms with van der Waals surface area (Å²) < 4.78 is 5.51. The lowest BCUT2D eigenvalue weighted by Gasteiger charge is -2.28. The molecule has 0 saturated carbocycles. The van der Waals surface area contributed by atoms with Gasteiger partial charge in [-0.1, -0.05) is 37.2 Å². The molecule has 2 aromatic rings. The van der Waals surface area contributed by atoms with Crippen LogP contribution >= 0.6 is 0 Å². The van der Waals surface area contributed by atoms with Crippen LogP contribution in [-0.2, 0) is 19.5 Å². The molecule has 0 fully saturated rings. The zero-order chi connectivity index (χ0) is 14.7. The van der Waals surface area contributed by atoms with Crippen LogP contribution in [0.3, 0.4) is 0 Å². The third kappa shape index (κ3) is 3.27. The maximum atomic E-state index is 5.51. The van der Waals surface area contributed by atoms with E-state index in [1.54, 1.807) is 0 Å². The van der Waals surface area contributed by atoms with E-state index in [-0.39, 0.29) is 0 Å².